The van der Waals surface area contributed by atoms with Crippen LogP contribution < -0.4 is 27.4 Å². The number of nitrogens with two attached hydrogens (primary N) is 2. The number of para-hydroxylation sites is 1. The van der Waals surface area contributed by atoms with Gasteiger partial charge in [0.15, 0.2) is 0 Å². The number of aromatic hydroxyl groups is 1. The molecule has 244 valence electrons. The van der Waals surface area contributed by atoms with Gasteiger partial charge in [-0.05, 0) is 61.6 Å². The topological polar surface area (TPSA) is 241 Å². The second-order valence-corrected chi connectivity index (χ2v) is 11.1. The number of imidazole rings is 1. The highest BCUT2D eigenvalue weighted by molar-refractivity contribution is 5.94. The predicted molar refractivity (Wildman–Crippen MR) is 170 cm³/mol. The van der Waals surface area contributed by atoms with Crippen molar-refractivity contribution in [3.05, 3.63) is 84.1 Å². The number of carbonyl (C=O) groups excluding carboxylic acids is 3. The summed E-state index contributed by atoms with van der Waals surface area (Å²) < 4.78 is 0. The summed E-state index contributed by atoms with van der Waals surface area (Å²) in [7, 11) is 0. The third-order valence-electron chi connectivity index (χ3n) is 7.63. The molecule has 0 aliphatic heterocycles. The number of phenolic OH excluding ortho intramolecular Hbond substituents is 1. The van der Waals surface area contributed by atoms with E-state index in [2.05, 4.69) is 30.9 Å². The van der Waals surface area contributed by atoms with E-state index in [9.17, 15) is 29.4 Å². The first-order chi connectivity index (χ1) is 22.1. The predicted octanol–water partition coefficient (Wildman–Crippen LogP) is 0.620. The molecule has 2 aromatic carbocycles. The molecular formula is C32H40N8O6. The molecule has 0 spiro atoms. The lowest BCUT2D eigenvalue weighted by atomic mass is 10.0. The van der Waals surface area contributed by atoms with Crippen molar-refractivity contribution < 1.29 is 29.4 Å². The van der Waals surface area contributed by atoms with Crippen LogP contribution in [0.3, 0.4) is 0 Å². The zero-order chi connectivity index (χ0) is 33.1. The molecule has 0 aliphatic rings. The maximum absolute atomic E-state index is 13.7. The SMILES string of the molecule is NCCCCC(NC(=O)C(N)Cc1c[nH]c2ccccc12)C(=O)NC(Cc1ccc(O)cc1)C(=O)NC(Cc1cnc[nH]1)C(=O)O. The maximum Gasteiger partial charge on any atom is 0.326 e. The molecule has 0 radical (unpaired) electrons. The van der Waals surface area contributed by atoms with Crippen LogP contribution in [0.2, 0.25) is 0 Å². The van der Waals surface area contributed by atoms with E-state index in [1.54, 1.807) is 18.3 Å². The number of hydrogen-bond donors (Lipinski definition) is 9. The number of benzene rings is 2. The molecule has 14 nitrogen and oxygen atoms in total. The molecule has 0 aliphatic carbocycles. The number of aliphatic carboxylic acids is 1. The van der Waals surface area contributed by atoms with Crippen LogP contribution >= 0.6 is 0 Å². The number of carboxylic acid groups (broad SMARTS) is 1. The summed E-state index contributed by atoms with van der Waals surface area (Å²) in [6, 6.07) is 9.18. The summed E-state index contributed by atoms with van der Waals surface area (Å²) in [5.41, 5.74) is 14.8. The number of carbonyl (C=O) groups is 4. The number of aromatic amines is 2. The van der Waals surface area contributed by atoms with Crippen molar-refractivity contribution >= 4 is 34.6 Å². The van der Waals surface area contributed by atoms with E-state index in [0.717, 1.165) is 16.5 Å². The zero-order valence-electron chi connectivity index (χ0n) is 25.2. The fourth-order valence-corrected chi connectivity index (χ4v) is 5.11. The van der Waals surface area contributed by atoms with Crippen molar-refractivity contribution in [2.24, 2.45) is 11.5 Å². The van der Waals surface area contributed by atoms with E-state index in [1.807, 2.05) is 24.3 Å². The van der Waals surface area contributed by atoms with Gasteiger partial charge in [-0.3, -0.25) is 14.4 Å². The Balaban J connectivity index is 1.49. The highest BCUT2D eigenvalue weighted by atomic mass is 16.4. The number of H-pyrrole nitrogens is 2. The van der Waals surface area contributed by atoms with Crippen molar-refractivity contribution in [1.29, 1.82) is 0 Å². The number of rotatable bonds is 17. The van der Waals surface area contributed by atoms with Gasteiger partial charge in [-0.25, -0.2) is 9.78 Å². The van der Waals surface area contributed by atoms with Crippen LogP contribution in [-0.4, -0.2) is 79.6 Å². The Morgan fingerprint density at radius 2 is 1.52 bits per heavy atom. The minimum absolute atomic E-state index is 0.0161. The Morgan fingerprint density at radius 1 is 0.826 bits per heavy atom. The van der Waals surface area contributed by atoms with Crippen LogP contribution in [-0.2, 0) is 38.4 Å². The van der Waals surface area contributed by atoms with Gasteiger partial charge < -0.3 is 47.6 Å². The molecule has 3 amide bonds. The van der Waals surface area contributed by atoms with E-state index in [4.69, 9.17) is 11.5 Å². The van der Waals surface area contributed by atoms with E-state index in [0.29, 0.717) is 30.6 Å². The van der Waals surface area contributed by atoms with Gasteiger partial charge in [0.05, 0.1) is 12.4 Å². The number of aromatic nitrogens is 3. The normalized spacial score (nSPS) is 13.8. The summed E-state index contributed by atoms with van der Waals surface area (Å²) >= 11 is 0. The van der Waals surface area contributed by atoms with Gasteiger partial charge >= 0.3 is 5.97 Å². The van der Waals surface area contributed by atoms with Crippen LogP contribution in [0.25, 0.3) is 10.9 Å². The summed E-state index contributed by atoms with van der Waals surface area (Å²) in [5, 5.41) is 28.4. The van der Waals surface area contributed by atoms with Gasteiger partial charge in [0.1, 0.15) is 23.9 Å². The number of nitrogens with zero attached hydrogens (tertiary/aromatic N) is 1. The van der Waals surface area contributed by atoms with Crippen LogP contribution in [0.15, 0.2) is 67.3 Å². The van der Waals surface area contributed by atoms with Crippen LogP contribution in [0.1, 0.15) is 36.1 Å². The Hall–Kier alpha value is -5.21. The lowest BCUT2D eigenvalue weighted by Crippen LogP contribution is -2.58. The van der Waals surface area contributed by atoms with Crippen molar-refractivity contribution in [2.45, 2.75) is 62.7 Å². The standard InChI is InChI=1S/C32H40N8O6/c33-12-4-3-7-26(38-29(42)24(34)14-20-16-36-25-6-2-1-5-23(20)25)30(43)39-27(13-19-8-10-22(41)11-9-19)31(44)40-28(32(45)46)15-21-17-35-18-37-21/h1-2,5-6,8-11,16-18,24,26-28,36,41H,3-4,7,12-15,33-34H2,(H,35,37)(H,38,42)(H,39,43)(H,40,44)(H,45,46). The average Bonchev–Trinajstić information content (AvgIpc) is 3.71. The lowest BCUT2D eigenvalue weighted by Gasteiger charge is -2.25. The molecule has 4 unspecified atom stereocenters. The molecule has 4 atom stereocenters. The first-order valence-electron chi connectivity index (χ1n) is 15.0. The highest BCUT2D eigenvalue weighted by Crippen LogP contribution is 2.19. The molecule has 0 fully saturated rings. The molecular weight excluding hydrogens is 592 g/mol. The number of unbranched alkanes of at least 4 members (excludes halogenated alkanes) is 1. The van der Waals surface area contributed by atoms with Crippen LogP contribution in [0, 0.1) is 0 Å². The summed E-state index contributed by atoms with van der Waals surface area (Å²) in [6.07, 6.45) is 6.16. The molecule has 0 bridgehead atoms. The third kappa shape index (κ3) is 9.39. The molecule has 2 aromatic heterocycles. The quantitative estimate of drug-likeness (QED) is 0.0740. The smallest absolute Gasteiger partial charge is 0.326 e. The van der Waals surface area contributed by atoms with E-state index >= 15 is 0 Å². The molecule has 0 saturated heterocycles. The van der Waals surface area contributed by atoms with Crippen LogP contribution in [0.5, 0.6) is 5.75 Å². The number of amides is 3. The molecule has 0 saturated carbocycles. The second-order valence-electron chi connectivity index (χ2n) is 11.1. The minimum atomic E-state index is -1.31. The molecule has 4 aromatic rings. The summed E-state index contributed by atoms with van der Waals surface area (Å²) in [5.74, 6) is -3.16. The fraction of sp³-hybridized carbons (Fsp3) is 0.344. The Bertz CT molecular complexity index is 1600. The molecule has 46 heavy (non-hydrogen) atoms. The largest absolute Gasteiger partial charge is 0.508 e. The second kappa shape index (κ2) is 16.2. The van der Waals surface area contributed by atoms with E-state index in [1.165, 1.54) is 24.7 Å². The number of hydrogen-bond acceptors (Lipinski definition) is 8. The van der Waals surface area contributed by atoms with Crippen LogP contribution in [0.4, 0.5) is 0 Å². The Morgan fingerprint density at radius 3 is 2.22 bits per heavy atom. The lowest BCUT2D eigenvalue weighted by molar-refractivity contribution is -0.142. The number of nitrogens with one attached hydrogen (secondary N) is 5. The Labute approximate surface area is 265 Å². The minimum Gasteiger partial charge on any atom is -0.508 e. The van der Waals surface area contributed by atoms with Gasteiger partial charge in [-0.15, -0.1) is 0 Å². The van der Waals surface area contributed by atoms with Gasteiger partial charge in [-0.2, -0.15) is 0 Å². The summed E-state index contributed by atoms with van der Waals surface area (Å²) in [4.78, 5) is 62.2. The van der Waals surface area contributed by atoms with Crippen molar-refractivity contribution in [3.8, 4) is 5.75 Å². The van der Waals surface area contributed by atoms with Gasteiger partial charge in [0, 0.05) is 41.8 Å². The average molecular weight is 633 g/mol. The Kier molecular flexibility index (Phi) is 11.9. The number of phenols is 1. The van der Waals surface area contributed by atoms with E-state index < -0.39 is 47.9 Å². The van der Waals surface area contributed by atoms with Crippen molar-refractivity contribution in [2.75, 3.05) is 6.54 Å². The fourth-order valence-electron chi connectivity index (χ4n) is 5.11. The molecule has 14 heteroatoms. The highest BCUT2D eigenvalue weighted by Gasteiger charge is 2.31. The number of carboxylic acids is 1. The van der Waals surface area contributed by atoms with Crippen molar-refractivity contribution in [1.82, 2.24) is 30.9 Å². The zero-order valence-corrected chi connectivity index (χ0v) is 25.2. The van der Waals surface area contributed by atoms with E-state index in [-0.39, 0.29) is 31.4 Å². The molecule has 2 heterocycles. The maximum atomic E-state index is 13.7. The molecule has 11 N–H and O–H groups in total. The number of fused-ring (bicyclic) bond motifs is 1. The van der Waals surface area contributed by atoms with Gasteiger partial charge in [0.2, 0.25) is 17.7 Å². The summed E-state index contributed by atoms with van der Waals surface area (Å²) in [6.45, 7) is 0.390. The van der Waals surface area contributed by atoms with Gasteiger partial charge in [0.25, 0.3) is 0 Å². The third-order valence-corrected chi connectivity index (χ3v) is 7.63. The first kappa shape index (κ1) is 33.7. The molecule has 4 rings (SSSR count). The van der Waals surface area contributed by atoms with Gasteiger partial charge in [-0.1, -0.05) is 30.3 Å². The first-order valence-corrected chi connectivity index (χ1v) is 15.0. The van der Waals surface area contributed by atoms with Crippen molar-refractivity contribution in [3.63, 3.8) is 0 Å². The monoisotopic (exact) mass is 632 g/mol.